The number of allylic oxidation sites excluding steroid dienone is 2. The smallest absolute Gasteiger partial charge is 0.314 e. The molecule has 3 saturated carbocycles. The molecule has 4 atom stereocenters. The quantitative estimate of drug-likeness (QED) is 0.122. The van der Waals surface area contributed by atoms with Gasteiger partial charge in [0.2, 0.25) is 0 Å². The van der Waals surface area contributed by atoms with Crippen LogP contribution in [-0.2, 0) is 11.2 Å². The first-order valence-electron chi connectivity index (χ1n) is 16.1. The first-order valence-corrected chi connectivity index (χ1v) is 16.1. The Labute approximate surface area is 228 Å². The Morgan fingerprint density at radius 2 is 1.62 bits per heavy atom. The van der Waals surface area contributed by atoms with Crippen LogP contribution in [0.15, 0.2) is 36.4 Å². The van der Waals surface area contributed by atoms with Crippen molar-refractivity contribution in [3.05, 3.63) is 42.0 Å². The number of hydrogen-bond acceptors (Lipinski definition) is 2. The molecular formula is C35H54O2. The summed E-state index contributed by atoms with van der Waals surface area (Å²) in [6, 6.07) is 8.20. The van der Waals surface area contributed by atoms with Crippen LogP contribution in [0.5, 0.6) is 5.75 Å². The molecule has 2 nitrogen and oxygen atoms in total. The fourth-order valence-electron chi connectivity index (χ4n) is 8.04. The predicted molar refractivity (Wildman–Crippen MR) is 156 cm³/mol. The molecule has 3 fully saturated rings. The Hall–Kier alpha value is -1.57. The number of fused-ring (bicyclic) bond motifs is 1. The molecule has 0 aliphatic heterocycles. The van der Waals surface area contributed by atoms with Gasteiger partial charge in [-0.05, 0) is 106 Å². The zero-order valence-electron chi connectivity index (χ0n) is 24.0. The monoisotopic (exact) mass is 506 g/mol. The topological polar surface area (TPSA) is 26.3 Å². The molecular weight excluding hydrogens is 452 g/mol. The van der Waals surface area contributed by atoms with Crippen molar-refractivity contribution >= 4 is 5.97 Å². The second-order valence-corrected chi connectivity index (χ2v) is 12.7. The van der Waals surface area contributed by atoms with Crippen molar-refractivity contribution in [2.24, 2.45) is 35.5 Å². The first-order chi connectivity index (χ1) is 18.2. The zero-order valence-corrected chi connectivity index (χ0v) is 24.0. The van der Waals surface area contributed by atoms with Gasteiger partial charge in [-0.25, -0.2) is 0 Å². The van der Waals surface area contributed by atoms with Crippen molar-refractivity contribution in [3.8, 4) is 5.75 Å². The third-order valence-electron chi connectivity index (χ3n) is 10.2. The Bertz CT molecular complexity index is 816. The lowest BCUT2D eigenvalue weighted by Gasteiger charge is -2.46. The van der Waals surface area contributed by atoms with Crippen LogP contribution in [0, 0.1) is 35.5 Å². The second kappa shape index (κ2) is 15.1. The summed E-state index contributed by atoms with van der Waals surface area (Å²) >= 11 is 0. The lowest BCUT2D eigenvalue weighted by atomic mass is 9.59. The number of aryl methyl sites for hydroxylation is 1. The number of esters is 1. The highest BCUT2D eigenvalue weighted by molar-refractivity contribution is 5.75. The van der Waals surface area contributed by atoms with Crippen molar-refractivity contribution in [1.29, 1.82) is 0 Å². The Morgan fingerprint density at radius 3 is 2.38 bits per heavy atom. The van der Waals surface area contributed by atoms with E-state index >= 15 is 0 Å². The highest BCUT2D eigenvalue weighted by Crippen LogP contribution is 2.50. The van der Waals surface area contributed by atoms with Gasteiger partial charge < -0.3 is 4.74 Å². The summed E-state index contributed by atoms with van der Waals surface area (Å²) < 4.78 is 5.94. The van der Waals surface area contributed by atoms with Gasteiger partial charge in [0, 0.05) is 0 Å². The fraction of sp³-hybridized carbons (Fsp3) is 0.743. The standard InChI is InChI=1S/C35H54O2/c1-3-5-7-8-10-13-27-16-20-29(21-17-27)30-22-25-33-31(26-30)14-11-15-34(33)35(36)37-32-23-18-28(19-24-32)12-9-6-4-2/h4,6,18-19,23-24,27,29-31,33-34H,3,5,7-17,20-22,25-26H2,1-2H3/b6-4+. The van der Waals surface area contributed by atoms with Gasteiger partial charge in [-0.1, -0.05) is 95.4 Å². The molecule has 0 amide bonds. The van der Waals surface area contributed by atoms with Gasteiger partial charge in [0.15, 0.2) is 0 Å². The van der Waals surface area contributed by atoms with Gasteiger partial charge in [-0.2, -0.15) is 0 Å². The SMILES string of the molecule is C/C=C/CCc1ccc(OC(=O)C2CCCC3CC(C4CCC(CCCCCCC)CC4)CCC32)cc1. The van der Waals surface area contributed by atoms with Crippen LogP contribution >= 0.6 is 0 Å². The minimum Gasteiger partial charge on any atom is -0.426 e. The lowest BCUT2D eigenvalue weighted by Crippen LogP contribution is -2.40. The van der Waals surface area contributed by atoms with Gasteiger partial charge in [0.1, 0.15) is 5.75 Å². The molecule has 3 aliphatic rings. The van der Waals surface area contributed by atoms with Crippen LogP contribution in [-0.4, -0.2) is 5.97 Å². The minimum absolute atomic E-state index is 0.0364. The summed E-state index contributed by atoms with van der Waals surface area (Å²) in [6.07, 6.45) is 28.4. The van der Waals surface area contributed by atoms with Crippen molar-refractivity contribution in [2.75, 3.05) is 0 Å². The molecule has 0 N–H and O–H groups in total. The molecule has 0 bridgehead atoms. The molecule has 4 rings (SSSR count). The van der Waals surface area contributed by atoms with Crippen LogP contribution in [0.4, 0.5) is 0 Å². The second-order valence-electron chi connectivity index (χ2n) is 12.7. The average Bonchev–Trinajstić information content (AvgIpc) is 2.93. The van der Waals surface area contributed by atoms with Crippen molar-refractivity contribution in [2.45, 2.75) is 129 Å². The molecule has 1 aromatic carbocycles. The number of rotatable bonds is 12. The zero-order chi connectivity index (χ0) is 25.9. The lowest BCUT2D eigenvalue weighted by molar-refractivity contribution is -0.144. The maximum Gasteiger partial charge on any atom is 0.314 e. The molecule has 3 aliphatic carbocycles. The summed E-state index contributed by atoms with van der Waals surface area (Å²) in [7, 11) is 0. The van der Waals surface area contributed by atoms with Crippen LogP contribution in [0.1, 0.15) is 129 Å². The molecule has 0 spiro atoms. The van der Waals surface area contributed by atoms with E-state index in [9.17, 15) is 4.79 Å². The highest BCUT2D eigenvalue weighted by atomic mass is 16.5. The number of unbranched alkanes of at least 4 members (excludes halogenated alkanes) is 4. The summed E-state index contributed by atoms with van der Waals surface area (Å²) in [5.41, 5.74) is 1.30. The van der Waals surface area contributed by atoms with E-state index in [1.54, 1.807) is 0 Å². The molecule has 4 unspecified atom stereocenters. The summed E-state index contributed by atoms with van der Waals surface area (Å²) in [5, 5.41) is 0. The molecule has 2 heteroatoms. The van der Waals surface area contributed by atoms with Crippen LogP contribution in [0.3, 0.4) is 0 Å². The first kappa shape index (κ1) is 28.4. The van der Waals surface area contributed by atoms with E-state index in [1.165, 1.54) is 102 Å². The van der Waals surface area contributed by atoms with E-state index in [4.69, 9.17) is 4.74 Å². The molecule has 1 aromatic rings. The van der Waals surface area contributed by atoms with E-state index in [1.807, 2.05) is 12.1 Å². The number of carbonyl (C=O) groups is 1. The molecule has 0 saturated heterocycles. The Kier molecular flexibility index (Phi) is 11.6. The van der Waals surface area contributed by atoms with E-state index < -0.39 is 0 Å². The van der Waals surface area contributed by atoms with Crippen LogP contribution < -0.4 is 4.74 Å². The highest BCUT2D eigenvalue weighted by Gasteiger charge is 2.43. The third-order valence-corrected chi connectivity index (χ3v) is 10.2. The van der Waals surface area contributed by atoms with E-state index in [0.717, 1.165) is 48.7 Å². The maximum absolute atomic E-state index is 13.3. The molecule has 0 heterocycles. The summed E-state index contributed by atoms with van der Waals surface area (Å²) in [5.74, 6) is 5.04. The van der Waals surface area contributed by atoms with Crippen LogP contribution in [0.2, 0.25) is 0 Å². The number of benzene rings is 1. The van der Waals surface area contributed by atoms with Crippen molar-refractivity contribution in [3.63, 3.8) is 0 Å². The van der Waals surface area contributed by atoms with E-state index in [2.05, 4.69) is 38.1 Å². The Balaban J connectivity index is 1.21. The molecule has 37 heavy (non-hydrogen) atoms. The summed E-state index contributed by atoms with van der Waals surface area (Å²) in [6.45, 7) is 4.37. The van der Waals surface area contributed by atoms with Gasteiger partial charge in [-0.15, -0.1) is 0 Å². The maximum atomic E-state index is 13.3. The van der Waals surface area contributed by atoms with Crippen molar-refractivity contribution in [1.82, 2.24) is 0 Å². The average molecular weight is 507 g/mol. The van der Waals surface area contributed by atoms with Crippen LogP contribution in [0.25, 0.3) is 0 Å². The van der Waals surface area contributed by atoms with Crippen molar-refractivity contribution < 1.29 is 9.53 Å². The van der Waals surface area contributed by atoms with Gasteiger partial charge in [0.25, 0.3) is 0 Å². The summed E-state index contributed by atoms with van der Waals surface area (Å²) in [4.78, 5) is 13.3. The number of hydrogen-bond donors (Lipinski definition) is 0. The van der Waals surface area contributed by atoms with E-state index in [-0.39, 0.29) is 11.9 Å². The molecule has 206 valence electrons. The van der Waals surface area contributed by atoms with Gasteiger partial charge >= 0.3 is 5.97 Å². The van der Waals surface area contributed by atoms with E-state index in [0.29, 0.717) is 5.92 Å². The minimum atomic E-state index is 0.0364. The van der Waals surface area contributed by atoms with Gasteiger partial charge in [0.05, 0.1) is 5.92 Å². The van der Waals surface area contributed by atoms with Gasteiger partial charge in [-0.3, -0.25) is 4.79 Å². The molecule has 0 radical (unpaired) electrons. The molecule has 0 aromatic heterocycles. The third kappa shape index (κ3) is 8.46. The fourth-order valence-corrected chi connectivity index (χ4v) is 8.04. The number of ether oxygens (including phenoxy) is 1. The largest absolute Gasteiger partial charge is 0.426 e. The Morgan fingerprint density at radius 1 is 0.865 bits per heavy atom. The predicted octanol–water partition coefficient (Wildman–Crippen LogP) is 10.1. The normalized spacial score (nSPS) is 30.2. The number of carbonyl (C=O) groups excluding carboxylic acids is 1.